The molecule has 0 atom stereocenters. The summed E-state index contributed by atoms with van der Waals surface area (Å²) < 4.78 is 57.1. The molecule has 6 nitrogen and oxygen atoms in total. The summed E-state index contributed by atoms with van der Waals surface area (Å²) in [4.78, 5) is 12.1. The maximum absolute atomic E-state index is 13.6. The maximum atomic E-state index is 13.6. The van der Waals surface area contributed by atoms with E-state index >= 15 is 0 Å². The molecule has 0 heterocycles. The maximum Gasteiger partial charge on any atom is 0.239 e. The van der Waals surface area contributed by atoms with Crippen molar-refractivity contribution < 1.29 is 26.7 Å². The number of nitrogens with one attached hydrogen (secondary N) is 1. The van der Waals surface area contributed by atoms with Crippen LogP contribution < -0.4 is 10.1 Å². The third-order valence-corrected chi connectivity index (χ3v) is 5.07. The normalized spacial score (nSPS) is 11.4. The molecule has 9 heteroatoms. The van der Waals surface area contributed by atoms with Gasteiger partial charge >= 0.3 is 0 Å². The molecule has 0 unspecified atom stereocenters. The number of sulfonamides is 1. The molecule has 0 spiro atoms. The lowest BCUT2D eigenvalue weighted by atomic mass is 10.1. The van der Waals surface area contributed by atoms with E-state index in [1.165, 1.54) is 7.11 Å². The van der Waals surface area contributed by atoms with E-state index in [9.17, 15) is 22.0 Å². The minimum Gasteiger partial charge on any atom is -0.497 e. The number of ether oxygens (including phenoxy) is 1. The van der Waals surface area contributed by atoms with E-state index in [4.69, 9.17) is 4.74 Å². The average Bonchev–Trinajstić information content (AvgIpc) is 2.61. The minimum absolute atomic E-state index is 0.0400. The van der Waals surface area contributed by atoms with Gasteiger partial charge in [0, 0.05) is 6.54 Å². The van der Waals surface area contributed by atoms with Crippen LogP contribution >= 0.6 is 0 Å². The van der Waals surface area contributed by atoms with E-state index in [0.29, 0.717) is 12.2 Å². The standard InChI is InChI=1S/C18H20F2N2O4S/c1-26-14-8-6-13(7-9-14)10-11-22(27(2,24)25)12-17(23)21-18-15(19)4-3-5-16(18)20/h3-9H,10-12H2,1-2H3,(H,21,23). The van der Waals surface area contributed by atoms with Crippen LogP contribution in [0.5, 0.6) is 5.75 Å². The number of benzene rings is 2. The first-order valence-electron chi connectivity index (χ1n) is 8.02. The van der Waals surface area contributed by atoms with Crippen molar-refractivity contribution >= 4 is 21.6 Å². The first-order chi connectivity index (χ1) is 12.7. The smallest absolute Gasteiger partial charge is 0.239 e. The fourth-order valence-electron chi connectivity index (χ4n) is 2.36. The molecule has 2 rings (SSSR count). The fraction of sp³-hybridized carbons (Fsp3) is 0.278. The summed E-state index contributed by atoms with van der Waals surface area (Å²) in [7, 11) is -2.16. The fourth-order valence-corrected chi connectivity index (χ4v) is 3.14. The number of halogens is 2. The van der Waals surface area contributed by atoms with Crippen LogP contribution in [0.15, 0.2) is 42.5 Å². The number of rotatable bonds is 8. The van der Waals surface area contributed by atoms with E-state index in [-0.39, 0.29) is 6.54 Å². The molecule has 2 aromatic rings. The Labute approximate surface area is 156 Å². The van der Waals surface area contributed by atoms with Crippen molar-refractivity contribution in [2.75, 3.05) is 31.8 Å². The Morgan fingerprint density at radius 3 is 2.22 bits per heavy atom. The zero-order valence-corrected chi connectivity index (χ0v) is 15.7. The van der Waals surface area contributed by atoms with Crippen LogP contribution in [0.2, 0.25) is 0 Å². The van der Waals surface area contributed by atoms with Gasteiger partial charge in [0.2, 0.25) is 15.9 Å². The van der Waals surface area contributed by atoms with E-state index in [1.807, 2.05) is 0 Å². The first kappa shape index (κ1) is 20.8. The quantitative estimate of drug-likeness (QED) is 0.741. The minimum atomic E-state index is -3.70. The molecule has 0 saturated heterocycles. The molecule has 0 radical (unpaired) electrons. The number of nitrogens with zero attached hydrogens (tertiary/aromatic N) is 1. The second-order valence-electron chi connectivity index (χ2n) is 5.84. The summed E-state index contributed by atoms with van der Waals surface area (Å²) in [5.41, 5.74) is 0.246. The van der Waals surface area contributed by atoms with Gasteiger partial charge in [0.25, 0.3) is 0 Å². The van der Waals surface area contributed by atoms with Crippen LogP contribution in [0.25, 0.3) is 0 Å². The van der Waals surface area contributed by atoms with Gasteiger partial charge < -0.3 is 10.1 Å². The molecule has 0 bridgehead atoms. The van der Waals surface area contributed by atoms with Gasteiger partial charge in [0.05, 0.1) is 19.9 Å². The highest BCUT2D eigenvalue weighted by molar-refractivity contribution is 7.88. The van der Waals surface area contributed by atoms with Crippen molar-refractivity contribution in [1.82, 2.24) is 4.31 Å². The summed E-state index contributed by atoms with van der Waals surface area (Å²) in [5.74, 6) is -2.04. The van der Waals surface area contributed by atoms with E-state index in [1.54, 1.807) is 24.3 Å². The number of carbonyl (C=O) groups is 1. The topological polar surface area (TPSA) is 75.7 Å². The first-order valence-corrected chi connectivity index (χ1v) is 9.87. The molecule has 1 N–H and O–H groups in total. The SMILES string of the molecule is COc1ccc(CCN(CC(=O)Nc2c(F)cccc2F)S(C)(=O)=O)cc1. The summed E-state index contributed by atoms with van der Waals surface area (Å²) in [6, 6.07) is 10.2. The highest BCUT2D eigenvalue weighted by atomic mass is 32.2. The Morgan fingerprint density at radius 1 is 1.11 bits per heavy atom. The van der Waals surface area contributed by atoms with Crippen molar-refractivity contribution in [3.8, 4) is 5.75 Å². The number of hydrogen-bond acceptors (Lipinski definition) is 4. The molecule has 2 aromatic carbocycles. The van der Waals surface area contributed by atoms with Crippen molar-refractivity contribution in [2.24, 2.45) is 0 Å². The Balaban J connectivity index is 2.04. The van der Waals surface area contributed by atoms with Gasteiger partial charge in [-0.2, -0.15) is 4.31 Å². The molecule has 0 fully saturated rings. The van der Waals surface area contributed by atoms with Gasteiger partial charge in [0.15, 0.2) is 0 Å². The summed E-state index contributed by atoms with van der Waals surface area (Å²) in [6.07, 6.45) is 1.33. The van der Waals surface area contributed by atoms with Gasteiger partial charge in [-0.3, -0.25) is 4.79 Å². The Morgan fingerprint density at radius 2 is 1.70 bits per heavy atom. The molecular formula is C18H20F2N2O4S. The summed E-state index contributed by atoms with van der Waals surface area (Å²) in [5, 5.41) is 2.08. The summed E-state index contributed by atoms with van der Waals surface area (Å²) in [6.45, 7) is -0.513. The molecule has 0 aliphatic heterocycles. The van der Waals surface area contributed by atoms with Crippen LogP contribution in [-0.2, 0) is 21.2 Å². The van der Waals surface area contributed by atoms with Gasteiger partial charge in [-0.15, -0.1) is 0 Å². The summed E-state index contributed by atoms with van der Waals surface area (Å²) >= 11 is 0. The Hall–Kier alpha value is -2.52. The number of methoxy groups -OCH3 is 1. The van der Waals surface area contributed by atoms with Crippen LogP contribution in [0, 0.1) is 11.6 Å². The predicted molar refractivity (Wildman–Crippen MR) is 98.1 cm³/mol. The highest BCUT2D eigenvalue weighted by Crippen LogP contribution is 2.18. The van der Waals surface area contributed by atoms with Gasteiger partial charge in [0.1, 0.15) is 23.1 Å². The van der Waals surface area contributed by atoms with Gasteiger partial charge in [-0.25, -0.2) is 17.2 Å². The van der Waals surface area contributed by atoms with E-state index in [2.05, 4.69) is 5.32 Å². The van der Waals surface area contributed by atoms with Crippen LogP contribution in [0.3, 0.4) is 0 Å². The predicted octanol–water partition coefficient (Wildman–Crippen LogP) is 2.42. The Bertz CT molecular complexity index is 882. The van der Waals surface area contributed by atoms with Crippen LogP contribution in [0.1, 0.15) is 5.56 Å². The number of anilines is 1. The van der Waals surface area contributed by atoms with E-state index < -0.39 is 39.8 Å². The van der Waals surface area contributed by atoms with E-state index in [0.717, 1.165) is 34.3 Å². The second kappa shape index (κ2) is 8.92. The number of carbonyl (C=O) groups excluding carboxylic acids is 1. The lowest BCUT2D eigenvalue weighted by Crippen LogP contribution is -2.38. The van der Waals surface area contributed by atoms with Gasteiger partial charge in [-0.1, -0.05) is 18.2 Å². The zero-order chi connectivity index (χ0) is 20.0. The monoisotopic (exact) mass is 398 g/mol. The molecule has 0 aromatic heterocycles. The zero-order valence-electron chi connectivity index (χ0n) is 14.9. The third-order valence-electron chi connectivity index (χ3n) is 3.83. The molecular weight excluding hydrogens is 378 g/mol. The molecule has 0 aliphatic carbocycles. The molecule has 1 amide bonds. The van der Waals surface area contributed by atoms with Crippen molar-refractivity contribution in [1.29, 1.82) is 0 Å². The number of para-hydroxylation sites is 1. The molecule has 0 saturated carbocycles. The largest absolute Gasteiger partial charge is 0.497 e. The third kappa shape index (κ3) is 6.00. The van der Waals surface area contributed by atoms with Crippen LogP contribution in [0.4, 0.5) is 14.5 Å². The second-order valence-corrected chi connectivity index (χ2v) is 7.82. The highest BCUT2D eigenvalue weighted by Gasteiger charge is 2.21. The average molecular weight is 398 g/mol. The van der Waals surface area contributed by atoms with Crippen molar-refractivity contribution in [3.63, 3.8) is 0 Å². The van der Waals surface area contributed by atoms with Crippen molar-refractivity contribution in [3.05, 3.63) is 59.7 Å². The van der Waals surface area contributed by atoms with Crippen LogP contribution in [-0.4, -0.2) is 45.1 Å². The lowest BCUT2D eigenvalue weighted by molar-refractivity contribution is -0.116. The number of hydrogen-bond donors (Lipinski definition) is 1. The number of amides is 1. The van der Waals surface area contributed by atoms with Gasteiger partial charge in [-0.05, 0) is 36.2 Å². The molecule has 0 aliphatic rings. The molecule has 27 heavy (non-hydrogen) atoms. The van der Waals surface area contributed by atoms with Crippen molar-refractivity contribution in [2.45, 2.75) is 6.42 Å². The molecule has 146 valence electrons. The lowest BCUT2D eigenvalue weighted by Gasteiger charge is -2.19. The Kier molecular flexibility index (Phi) is 6.86.